The number of hydrogen-bond donors (Lipinski definition) is 3. The third-order valence-electron chi connectivity index (χ3n) is 9.24. The van der Waals surface area contributed by atoms with Crippen molar-refractivity contribution in [1.29, 1.82) is 0 Å². The van der Waals surface area contributed by atoms with Crippen LogP contribution in [0.3, 0.4) is 0 Å². The average Bonchev–Trinajstić information content (AvgIpc) is 3.12. The van der Waals surface area contributed by atoms with Crippen molar-refractivity contribution in [3.63, 3.8) is 0 Å². The molecule has 0 bridgehead atoms. The van der Waals surface area contributed by atoms with Crippen LogP contribution in [-0.2, 0) is 18.4 Å². The number of likely N-dealkylation sites (N-methyl/N-ethyl adjacent to an activating group) is 1. The fourth-order valence-corrected chi connectivity index (χ4v) is 6.53. The Kier molecular flexibility index (Phi) is 35.6. The molecule has 0 saturated heterocycles. The van der Waals surface area contributed by atoms with Gasteiger partial charge >= 0.3 is 7.82 Å². The zero-order chi connectivity index (χ0) is 40.0. The van der Waals surface area contributed by atoms with Crippen molar-refractivity contribution < 1.29 is 32.9 Å². The molecule has 9 heteroatoms. The first-order valence-electron chi connectivity index (χ1n) is 21.7. The summed E-state index contributed by atoms with van der Waals surface area (Å²) in [4.78, 5) is 23.1. The van der Waals surface area contributed by atoms with E-state index in [-0.39, 0.29) is 19.1 Å². The van der Waals surface area contributed by atoms with Crippen molar-refractivity contribution in [3.8, 4) is 0 Å². The van der Waals surface area contributed by atoms with Crippen LogP contribution in [0.4, 0.5) is 0 Å². The molecule has 0 radical (unpaired) electrons. The van der Waals surface area contributed by atoms with Gasteiger partial charge in [-0.15, -0.1) is 0 Å². The maximum Gasteiger partial charge on any atom is 0.472 e. The van der Waals surface area contributed by atoms with E-state index in [1.807, 2.05) is 27.2 Å². The number of nitrogens with one attached hydrogen (secondary N) is 1. The number of rotatable bonds is 38. The van der Waals surface area contributed by atoms with Gasteiger partial charge in [0.2, 0.25) is 5.91 Å². The number of allylic oxidation sites excluding steroid dienone is 9. The first kappa shape index (κ1) is 52.2. The van der Waals surface area contributed by atoms with Gasteiger partial charge in [-0.3, -0.25) is 13.8 Å². The van der Waals surface area contributed by atoms with Gasteiger partial charge in [-0.1, -0.05) is 164 Å². The second-order valence-electron chi connectivity index (χ2n) is 15.7. The first-order valence-corrected chi connectivity index (χ1v) is 23.2. The van der Waals surface area contributed by atoms with Gasteiger partial charge in [0.25, 0.3) is 0 Å². The maximum absolute atomic E-state index is 12.9. The number of carbonyl (C=O) groups is 1. The minimum Gasteiger partial charge on any atom is -0.387 e. The summed E-state index contributed by atoms with van der Waals surface area (Å²) in [6.45, 7) is 4.66. The third-order valence-corrected chi connectivity index (χ3v) is 10.2. The highest BCUT2D eigenvalue weighted by atomic mass is 31.2. The lowest BCUT2D eigenvalue weighted by molar-refractivity contribution is -0.870. The average molecular weight is 780 g/mol. The molecule has 54 heavy (non-hydrogen) atoms. The highest BCUT2D eigenvalue weighted by molar-refractivity contribution is 7.47. The lowest BCUT2D eigenvalue weighted by atomic mass is 10.0. The number of carbonyl (C=O) groups excluding carboxylic acids is 1. The summed E-state index contributed by atoms with van der Waals surface area (Å²) in [6.07, 6.45) is 47.1. The first-order chi connectivity index (χ1) is 26.0. The van der Waals surface area contributed by atoms with Crippen molar-refractivity contribution in [2.75, 3.05) is 40.9 Å². The minimum atomic E-state index is -4.34. The van der Waals surface area contributed by atoms with Gasteiger partial charge in [0.05, 0.1) is 39.9 Å². The number of aliphatic hydroxyl groups is 1. The van der Waals surface area contributed by atoms with Crippen LogP contribution in [-0.4, -0.2) is 73.4 Å². The Balaban J connectivity index is 4.46. The summed E-state index contributed by atoms with van der Waals surface area (Å²) in [7, 11) is 1.55. The highest BCUT2D eigenvalue weighted by Crippen LogP contribution is 2.43. The standard InChI is InChI=1S/C45H83N2O6P/c1-6-8-10-12-14-16-18-20-21-22-23-24-25-27-29-31-33-35-37-39-45(49)46-43(42-53-54(50,51)52-41-40-47(3,4)5)44(48)38-36-34-32-30-28-26-19-17-15-13-11-9-7-2/h8,10,14,16,20-21,23-24,36,38,43-44,48H,6-7,9,11-13,15,17-19,22,25-35,37,39-42H2,1-5H3,(H-,46,49,50,51)/p+1/b10-8-,16-14-,21-20-,24-23-,38-36+. The Bertz CT molecular complexity index is 1060. The van der Waals surface area contributed by atoms with Crippen LogP contribution in [0.1, 0.15) is 168 Å². The molecule has 0 aromatic heterocycles. The molecule has 0 aromatic carbocycles. The second-order valence-corrected chi connectivity index (χ2v) is 17.1. The molecule has 3 N–H and O–H groups in total. The largest absolute Gasteiger partial charge is 0.472 e. The molecule has 0 heterocycles. The van der Waals surface area contributed by atoms with Gasteiger partial charge in [-0.25, -0.2) is 4.57 Å². The van der Waals surface area contributed by atoms with Gasteiger partial charge in [0, 0.05) is 6.42 Å². The summed E-state index contributed by atoms with van der Waals surface area (Å²) in [6, 6.07) is -0.855. The van der Waals surface area contributed by atoms with Crippen LogP contribution < -0.4 is 5.32 Å². The molecule has 0 spiro atoms. The lowest BCUT2D eigenvalue weighted by Crippen LogP contribution is -2.45. The number of quaternary nitrogens is 1. The SMILES string of the molecule is CC/C=C\C/C=C\C/C=C\C/C=C\CCCCCCCCC(=O)NC(COP(=O)(O)OCC[N+](C)(C)C)C(O)/C=C/CCCCCCCCCCCCC. The Morgan fingerprint density at radius 2 is 1.11 bits per heavy atom. The van der Waals surface area contributed by atoms with Crippen molar-refractivity contribution in [1.82, 2.24) is 5.32 Å². The quantitative estimate of drug-likeness (QED) is 0.0249. The topological polar surface area (TPSA) is 105 Å². The minimum absolute atomic E-state index is 0.0557. The van der Waals surface area contributed by atoms with E-state index in [1.165, 1.54) is 70.6 Å². The molecule has 0 saturated carbocycles. The van der Waals surface area contributed by atoms with Crippen LogP contribution >= 0.6 is 7.82 Å². The predicted molar refractivity (Wildman–Crippen MR) is 230 cm³/mol. The summed E-state index contributed by atoms with van der Waals surface area (Å²) in [5, 5.41) is 13.8. The van der Waals surface area contributed by atoms with Gasteiger partial charge in [-0.05, 0) is 57.8 Å². The van der Waals surface area contributed by atoms with Crippen molar-refractivity contribution in [3.05, 3.63) is 60.8 Å². The summed E-state index contributed by atoms with van der Waals surface area (Å²) in [5.41, 5.74) is 0. The normalized spacial score (nSPS) is 15.0. The molecule has 0 aliphatic rings. The van der Waals surface area contributed by atoms with E-state index in [4.69, 9.17) is 9.05 Å². The molecule has 0 aromatic rings. The Morgan fingerprint density at radius 3 is 1.63 bits per heavy atom. The number of unbranched alkanes of at least 4 members (excludes halogenated alkanes) is 17. The predicted octanol–water partition coefficient (Wildman–Crippen LogP) is 11.9. The Labute approximate surface area is 332 Å². The fraction of sp³-hybridized carbons (Fsp3) is 0.756. The zero-order valence-corrected chi connectivity index (χ0v) is 36.3. The molecule has 0 aliphatic carbocycles. The monoisotopic (exact) mass is 780 g/mol. The summed E-state index contributed by atoms with van der Waals surface area (Å²) >= 11 is 0. The highest BCUT2D eigenvalue weighted by Gasteiger charge is 2.27. The zero-order valence-electron chi connectivity index (χ0n) is 35.4. The van der Waals surface area contributed by atoms with Crippen molar-refractivity contribution >= 4 is 13.7 Å². The van der Waals surface area contributed by atoms with Crippen molar-refractivity contribution in [2.24, 2.45) is 0 Å². The lowest BCUT2D eigenvalue weighted by Gasteiger charge is -2.25. The number of amides is 1. The molecule has 3 atom stereocenters. The smallest absolute Gasteiger partial charge is 0.387 e. The van der Waals surface area contributed by atoms with Crippen LogP contribution in [0.15, 0.2) is 60.8 Å². The van der Waals surface area contributed by atoms with Crippen LogP contribution in [0, 0.1) is 0 Å². The number of hydrogen-bond acceptors (Lipinski definition) is 5. The van der Waals surface area contributed by atoms with Crippen LogP contribution in [0.5, 0.6) is 0 Å². The van der Waals surface area contributed by atoms with E-state index in [0.717, 1.165) is 77.0 Å². The molecule has 0 fully saturated rings. The van der Waals surface area contributed by atoms with Crippen molar-refractivity contribution in [2.45, 2.75) is 180 Å². The fourth-order valence-electron chi connectivity index (χ4n) is 5.79. The molecular formula is C45H84N2O6P+. The van der Waals surface area contributed by atoms with Gasteiger partial charge in [0.1, 0.15) is 13.2 Å². The number of phosphoric ester groups is 1. The molecule has 1 amide bonds. The van der Waals surface area contributed by atoms with Gasteiger partial charge in [-0.2, -0.15) is 0 Å². The van der Waals surface area contributed by atoms with E-state index >= 15 is 0 Å². The molecule has 314 valence electrons. The number of aliphatic hydroxyl groups excluding tert-OH is 1. The van der Waals surface area contributed by atoms with Crippen LogP contribution in [0.2, 0.25) is 0 Å². The maximum atomic E-state index is 12.9. The Morgan fingerprint density at radius 1 is 0.648 bits per heavy atom. The second kappa shape index (κ2) is 36.8. The summed E-state index contributed by atoms with van der Waals surface area (Å²) < 4.78 is 23.5. The molecule has 3 unspecified atom stereocenters. The molecule has 0 rings (SSSR count). The van der Waals surface area contributed by atoms with E-state index < -0.39 is 20.0 Å². The van der Waals surface area contributed by atoms with E-state index in [2.05, 4.69) is 67.8 Å². The third kappa shape index (κ3) is 38.5. The van der Waals surface area contributed by atoms with E-state index in [1.54, 1.807) is 6.08 Å². The van der Waals surface area contributed by atoms with Gasteiger partial charge < -0.3 is 19.8 Å². The van der Waals surface area contributed by atoms with Gasteiger partial charge in [0.15, 0.2) is 0 Å². The molecule has 0 aliphatic heterocycles. The van der Waals surface area contributed by atoms with E-state index in [0.29, 0.717) is 17.4 Å². The van der Waals surface area contributed by atoms with E-state index in [9.17, 15) is 19.4 Å². The van der Waals surface area contributed by atoms with Crippen LogP contribution in [0.25, 0.3) is 0 Å². The Hall–Kier alpha value is -1.80. The number of nitrogens with zero attached hydrogens (tertiary/aromatic N) is 1. The molecule has 8 nitrogen and oxygen atoms in total. The number of phosphoric acid groups is 1. The molecular weight excluding hydrogens is 695 g/mol. The summed E-state index contributed by atoms with van der Waals surface area (Å²) in [5.74, 6) is -0.195.